The number of rotatable bonds is 5. The van der Waals surface area contributed by atoms with E-state index in [-0.39, 0.29) is 17.6 Å². The van der Waals surface area contributed by atoms with Gasteiger partial charge in [0.2, 0.25) is 11.7 Å². The van der Waals surface area contributed by atoms with Crippen molar-refractivity contribution in [3.8, 4) is 0 Å². The van der Waals surface area contributed by atoms with E-state index in [1.54, 1.807) is 0 Å². The molecule has 5 heteroatoms. The molecule has 1 fully saturated rings. The summed E-state index contributed by atoms with van der Waals surface area (Å²) in [5.41, 5.74) is 6.02. The van der Waals surface area contributed by atoms with E-state index in [9.17, 15) is 0 Å². The van der Waals surface area contributed by atoms with Crippen molar-refractivity contribution in [2.45, 2.75) is 52.7 Å². The second-order valence-corrected chi connectivity index (χ2v) is 6.05. The van der Waals surface area contributed by atoms with Crippen LogP contribution in [0, 0.1) is 11.3 Å². The standard InChI is InChI=1S/C13H23N3O2/c1-5-17-9(8-6-7-8)11-15-12(18-16-11)10(14)13(2,3)4/h8-10H,5-7,14H2,1-4H3/t9?,10-/m0/s1. The van der Waals surface area contributed by atoms with Crippen molar-refractivity contribution in [2.24, 2.45) is 17.1 Å². The van der Waals surface area contributed by atoms with Gasteiger partial charge in [-0.2, -0.15) is 4.98 Å². The molecule has 2 rings (SSSR count). The van der Waals surface area contributed by atoms with Crippen LogP contribution in [0.25, 0.3) is 0 Å². The molecule has 0 saturated heterocycles. The predicted octanol–water partition coefficient (Wildman–Crippen LogP) is 2.60. The summed E-state index contributed by atoms with van der Waals surface area (Å²) in [4.78, 5) is 4.43. The van der Waals surface area contributed by atoms with Crippen LogP contribution in [-0.4, -0.2) is 16.7 Å². The summed E-state index contributed by atoms with van der Waals surface area (Å²) >= 11 is 0. The third kappa shape index (κ3) is 2.90. The van der Waals surface area contributed by atoms with Gasteiger partial charge in [0.05, 0.1) is 6.04 Å². The fourth-order valence-electron chi connectivity index (χ4n) is 1.86. The predicted molar refractivity (Wildman–Crippen MR) is 67.8 cm³/mol. The number of hydrogen-bond acceptors (Lipinski definition) is 5. The largest absolute Gasteiger partial charge is 0.370 e. The zero-order valence-corrected chi connectivity index (χ0v) is 11.6. The fourth-order valence-corrected chi connectivity index (χ4v) is 1.86. The van der Waals surface area contributed by atoms with E-state index in [1.807, 2.05) is 6.92 Å². The first-order chi connectivity index (χ1) is 8.43. The van der Waals surface area contributed by atoms with Gasteiger partial charge in [0.1, 0.15) is 6.10 Å². The van der Waals surface area contributed by atoms with Crippen molar-refractivity contribution < 1.29 is 9.26 Å². The third-order valence-corrected chi connectivity index (χ3v) is 3.31. The SMILES string of the molecule is CCOC(c1noc([C@H](N)C(C)(C)C)n1)C1CC1. The number of ether oxygens (including phenoxy) is 1. The molecule has 1 unspecified atom stereocenters. The van der Waals surface area contributed by atoms with Crippen molar-refractivity contribution >= 4 is 0 Å². The van der Waals surface area contributed by atoms with Crippen LogP contribution >= 0.6 is 0 Å². The molecule has 1 aliphatic carbocycles. The second-order valence-electron chi connectivity index (χ2n) is 6.05. The van der Waals surface area contributed by atoms with E-state index in [2.05, 4.69) is 30.9 Å². The van der Waals surface area contributed by atoms with Crippen molar-refractivity contribution in [1.29, 1.82) is 0 Å². The smallest absolute Gasteiger partial charge is 0.244 e. The lowest BCUT2D eigenvalue weighted by atomic mass is 9.87. The molecule has 18 heavy (non-hydrogen) atoms. The van der Waals surface area contributed by atoms with Crippen LogP contribution in [-0.2, 0) is 4.74 Å². The lowest BCUT2D eigenvalue weighted by Crippen LogP contribution is -2.26. The van der Waals surface area contributed by atoms with Crippen LogP contribution in [0.4, 0.5) is 0 Å². The lowest BCUT2D eigenvalue weighted by Gasteiger charge is -2.23. The van der Waals surface area contributed by atoms with E-state index in [0.717, 1.165) is 0 Å². The van der Waals surface area contributed by atoms with Gasteiger partial charge >= 0.3 is 0 Å². The summed E-state index contributed by atoms with van der Waals surface area (Å²) in [6.07, 6.45) is 2.33. The van der Waals surface area contributed by atoms with Crippen molar-refractivity contribution in [1.82, 2.24) is 10.1 Å². The van der Waals surface area contributed by atoms with E-state index in [4.69, 9.17) is 15.0 Å². The van der Waals surface area contributed by atoms with E-state index < -0.39 is 0 Å². The first-order valence-corrected chi connectivity index (χ1v) is 6.64. The molecule has 0 radical (unpaired) electrons. The van der Waals surface area contributed by atoms with E-state index in [1.165, 1.54) is 12.8 Å². The number of hydrogen-bond donors (Lipinski definition) is 1. The van der Waals surface area contributed by atoms with Gasteiger partial charge in [0.25, 0.3) is 0 Å². The molecule has 2 atom stereocenters. The molecule has 1 aromatic rings. The number of nitrogens with zero attached hydrogens (tertiary/aromatic N) is 2. The highest BCUT2D eigenvalue weighted by Gasteiger charge is 2.37. The highest BCUT2D eigenvalue weighted by atomic mass is 16.5. The quantitative estimate of drug-likeness (QED) is 0.873. The number of nitrogens with two attached hydrogens (primary N) is 1. The monoisotopic (exact) mass is 253 g/mol. The Kier molecular flexibility index (Phi) is 3.73. The average Bonchev–Trinajstić information content (AvgIpc) is 3.01. The molecule has 1 aliphatic rings. The minimum Gasteiger partial charge on any atom is -0.370 e. The summed E-state index contributed by atoms with van der Waals surface area (Å²) < 4.78 is 11.0. The van der Waals surface area contributed by atoms with Gasteiger partial charge in [-0.25, -0.2) is 0 Å². The normalized spacial score (nSPS) is 19.8. The number of aromatic nitrogens is 2. The molecular weight excluding hydrogens is 230 g/mol. The van der Waals surface area contributed by atoms with Gasteiger partial charge in [-0.1, -0.05) is 25.9 Å². The summed E-state index contributed by atoms with van der Waals surface area (Å²) in [7, 11) is 0. The Labute approximate surface area is 108 Å². The Morgan fingerprint density at radius 1 is 1.44 bits per heavy atom. The maximum Gasteiger partial charge on any atom is 0.244 e. The molecule has 5 nitrogen and oxygen atoms in total. The Hall–Kier alpha value is -0.940. The highest BCUT2D eigenvalue weighted by molar-refractivity contribution is 5.02. The molecule has 1 saturated carbocycles. The van der Waals surface area contributed by atoms with Crippen LogP contribution in [0.2, 0.25) is 0 Å². The summed E-state index contributed by atoms with van der Waals surface area (Å²) in [6.45, 7) is 8.82. The Morgan fingerprint density at radius 2 is 2.11 bits per heavy atom. The van der Waals surface area contributed by atoms with Crippen molar-refractivity contribution in [3.05, 3.63) is 11.7 Å². The first kappa shape index (κ1) is 13.5. The van der Waals surface area contributed by atoms with Crippen LogP contribution in [0.3, 0.4) is 0 Å². The zero-order valence-electron chi connectivity index (χ0n) is 11.6. The Bertz CT molecular complexity index is 393. The summed E-state index contributed by atoms with van der Waals surface area (Å²) in [5.74, 6) is 1.69. The molecule has 1 heterocycles. The molecule has 1 aromatic heterocycles. The topological polar surface area (TPSA) is 74.2 Å². The van der Waals surface area contributed by atoms with Gasteiger partial charge in [-0.05, 0) is 31.1 Å². The second kappa shape index (κ2) is 4.97. The average molecular weight is 253 g/mol. The molecule has 0 aromatic carbocycles. The van der Waals surface area contributed by atoms with Crippen molar-refractivity contribution in [2.75, 3.05) is 6.61 Å². The molecule has 102 valence electrons. The third-order valence-electron chi connectivity index (χ3n) is 3.31. The van der Waals surface area contributed by atoms with Crippen LogP contribution in [0.15, 0.2) is 4.52 Å². The van der Waals surface area contributed by atoms with Crippen molar-refractivity contribution in [3.63, 3.8) is 0 Å². The lowest BCUT2D eigenvalue weighted by molar-refractivity contribution is 0.0384. The van der Waals surface area contributed by atoms with Gasteiger partial charge in [-0.15, -0.1) is 0 Å². The van der Waals surface area contributed by atoms with Crippen LogP contribution in [0.1, 0.15) is 64.4 Å². The molecule has 0 amide bonds. The first-order valence-electron chi connectivity index (χ1n) is 6.64. The Morgan fingerprint density at radius 3 is 2.61 bits per heavy atom. The maximum absolute atomic E-state index is 6.11. The zero-order chi connectivity index (χ0) is 13.3. The van der Waals surface area contributed by atoms with E-state index in [0.29, 0.717) is 24.2 Å². The van der Waals surface area contributed by atoms with Gasteiger partial charge in [0.15, 0.2) is 0 Å². The van der Waals surface area contributed by atoms with E-state index >= 15 is 0 Å². The molecule has 0 aliphatic heterocycles. The summed E-state index contributed by atoms with van der Waals surface area (Å²) in [6, 6.07) is -0.250. The molecular formula is C13H23N3O2. The van der Waals surface area contributed by atoms with Gasteiger partial charge in [0, 0.05) is 6.61 Å². The minimum atomic E-state index is -0.250. The molecule has 0 spiro atoms. The van der Waals surface area contributed by atoms with Gasteiger partial charge in [-0.3, -0.25) is 0 Å². The molecule has 0 bridgehead atoms. The molecule has 2 N–H and O–H groups in total. The highest BCUT2D eigenvalue weighted by Crippen LogP contribution is 2.42. The summed E-state index contributed by atoms with van der Waals surface area (Å²) in [5, 5.41) is 4.04. The van der Waals surface area contributed by atoms with Crippen LogP contribution in [0.5, 0.6) is 0 Å². The fraction of sp³-hybridized carbons (Fsp3) is 0.846. The van der Waals surface area contributed by atoms with Gasteiger partial charge < -0.3 is 15.0 Å². The minimum absolute atomic E-state index is 0.0281. The Balaban J connectivity index is 2.13. The maximum atomic E-state index is 6.11. The van der Waals surface area contributed by atoms with Crippen LogP contribution < -0.4 is 5.73 Å².